The molecule has 0 bridgehead atoms. The van der Waals surface area contributed by atoms with Gasteiger partial charge in [-0.25, -0.2) is 9.78 Å². The van der Waals surface area contributed by atoms with Crippen molar-refractivity contribution in [2.45, 2.75) is 39.7 Å². The normalized spacial score (nSPS) is 13.9. The molecule has 0 aliphatic heterocycles. The lowest BCUT2D eigenvalue weighted by atomic mass is 10.0. The molecule has 0 spiro atoms. The molecule has 0 aliphatic rings. The van der Waals surface area contributed by atoms with Gasteiger partial charge in [-0.15, -0.1) is 0 Å². The largest absolute Gasteiger partial charge is 0.478 e. The third-order valence-corrected chi connectivity index (χ3v) is 3.01. The van der Waals surface area contributed by atoms with Gasteiger partial charge in [-0.1, -0.05) is 20.3 Å². The second kappa shape index (κ2) is 6.23. The summed E-state index contributed by atoms with van der Waals surface area (Å²) >= 11 is 0. The van der Waals surface area contributed by atoms with Crippen LogP contribution in [0.5, 0.6) is 0 Å². The molecular weight excluding hydrogens is 230 g/mol. The molecule has 2 atom stereocenters. The van der Waals surface area contributed by atoms with E-state index in [1.54, 1.807) is 0 Å². The molecular formula is C13H21N3O2. The molecule has 100 valence electrons. The Hall–Kier alpha value is -1.78. The highest BCUT2D eigenvalue weighted by atomic mass is 16.4. The summed E-state index contributed by atoms with van der Waals surface area (Å²) < 4.78 is 0. The molecule has 1 rings (SSSR count). The third kappa shape index (κ3) is 3.91. The number of nitrogen functional groups attached to an aromatic ring is 1. The van der Waals surface area contributed by atoms with Crippen molar-refractivity contribution in [2.24, 2.45) is 5.92 Å². The molecule has 5 nitrogen and oxygen atoms in total. The van der Waals surface area contributed by atoms with E-state index in [1.807, 2.05) is 0 Å². The third-order valence-electron chi connectivity index (χ3n) is 3.01. The summed E-state index contributed by atoms with van der Waals surface area (Å²) in [7, 11) is 0. The Kier molecular flexibility index (Phi) is 4.95. The van der Waals surface area contributed by atoms with E-state index in [0.717, 1.165) is 12.8 Å². The van der Waals surface area contributed by atoms with Crippen molar-refractivity contribution in [3.8, 4) is 0 Å². The van der Waals surface area contributed by atoms with E-state index >= 15 is 0 Å². The minimum Gasteiger partial charge on any atom is -0.478 e. The van der Waals surface area contributed by atoms with E-state index in [4.69, 9.17) is 10.8 Å². The summed E-state index contributed by atoms with van der Waals surface area (Å²) in [6, 6.07) is 1.72. The first-order valence-electron chi connectivity index (χ1n) is 6.19. The second-order valence-corrected chi connectivity index (χ2v) is 4.76. The lowest BCUT2D eigenvalue weighted by Crippen LogP contribution is -2.19. The van der Waals surface area contributed by atoms with Gasteiger partial charge in [0.05, 0.1) is 17.4 Å². The Bertz CT molecular complexity index is 421. The maximum atomic E-state index is 10.9. The zero-order valence-electron chi connectivity index (χ0n) is 11.1. The summed E-state index contributed by atoms with van der Waals surface area (Å²) in [5, 5.41) is 12.2. The van der Waals surface area contributed by atoms with Gasteiger partial charge < -0.3 is 16.2 Å². The van der Waals surface area contributed by atoms with Gasteiger partial charge >= 0.3 is 5.97 Å². The zero-order chi connectivity index (χ0) is 13.7. The molecule has 0 aromatic carbocycles. The van der Waals surface area contributed by atoms with Gasteiger partial charge in [0.25, 0.3) is 0 Å². The Morgan fingerprint density at radius 2 is 2.22 bits per heavy atom. The molecule has 0 amide bonds. The zero-order valence-corrected chi connectivity index (χ0v) is 11.1. The van der Waals surface area contributed by atoms with Gasteiger partial charge in [-0.3, -0.25) is 0 Å². The topological polar surface area (TPSA) is 88.2 Å². The summed E-state index contributed by atoms with van der Waals surface area (Å²) in [6.07, 6.45) is 3.52. The Morgan fingerprint density at radius 3 is 2.78 bits per heavy atom. The average Bonchev–Trinajstić information content (AvgIpc) is 2.31. The van der Waals surface area contributed by atoms with Gasteiger partial charge in [0.1, 0.15) is 5.82 Å². The van der Waals surface area contributed by atoms with Gasteiger partial charge in [-0.05, 0) is 25.3 Å². The van der Waals surface area contributed by atoms with Gasteiger partial charge in [-0.2, -0.15) is 0 Å². The van der Waals surface area contributed by atoms with Crippen molar-refractivity contribution in [1.29, 1.82) is 0 Å². The number of carbonyl (C=O) groups is 1. The van der Waals surface area contributed by atoms with Crippen LogP contribution in [-0.2, 0) is 0 Å². The van der Waals surface area contributed by atoms with Gasteiger partial charge in [0, 0.05) is 6.04 Å². The number of aromatic nitrogens is 1. The SMILES string of the molecule is CCC(C)CC(C)Nc1cc(C(=O)O)c(N)cn1. The molecule has 18 heavy (non-hydrogen) atoms. The highest BCUT2D eigenvalue weighted by Gasteiger charge is 2.12. The number of carboxylic acids is 1. The summed E-state index contributed by atoms with van der Waals surface area (Å²) in [4.78, 5) is 15.0. The van der Waals surface area contributed by atoms with Crippen molar-refractivity contribution < 1.29 is 9.90 Å². The Labute approximate surface area is 107 Å². The summed E-state index contributed by atoms with van der Waals surface area (Å²) in [5.41, 5.74) is 5.82. The molecule has 1 aromatic heterocycles. The first-order valence-corrected chi connectivity index (χ1v) is 6.19. The van der Waals surface area contributed by atoms with Crippen molar-refractivity contribution >= 4 is 17.5 Å². The fraction of sp³-hybridized carbons (Fsp3) is 0.538. The average molecular weight is 251 g/mol. The van der Waals surface area contributed by atoms with Gasteiger partial charge in [0.2, 0.25) is 0 Å². The number of pyridine rings is 1. The lowest BCUT2D eigenvalue weighted by Gasteiger charge is -2.18. The van der Waals surface area contributed by atoms with E-state index in [1.165, 1.54) is 12.3 Å². The van der Waals surface area contributed by atoms with E-state index in [9.17, 15) is 4.79 Å². The smallest absolute Gasteiger partial charge is 0.337 e. The standard InChI is InChI=1S/C13H21N3O2/c1-4-8(2)5-9(3)16-12-6-10(13(17)18)11(14)7-15-12/h6-9H,4-5,14H2,1-3H3,(H,15,16)(H,17,18). The van der Waals surface area contributed by atoms with Crippen molar-refractivity contribution in [3.63, 3.8) is 0 Å². The van der Waals surface area contributed by atoms with Crippen LogP contribution >= 0.6 is 0 Å². The molecule has 1 heterocycles. The Morgan fingerprint density at radius 1 is 1.56 bits per heavy atom. The minimum atomic E-state index is -1.03. The van der Waals surface area contributed by atoms with Crippen molar-refractivity contribution in [1.82, 2.24) is 4.98 Å². The predicted octanol–water partition coefficient (Wildman–Crippen LogP) is 2.60. The van der Waals surface area contributed by atoms with E-state index in [2.05, 4.69) is 31.1 Å². The van der Waals surface area contributed by atoms with Crippen LogP contribution in [0.15, 0.2) is 12.3 Å². The van der Waals surface area contributed by atoms with E-state index in [0.29, 0.717) is 11.7 Å². The first-order chi connectivity index (χ1) is 8.43. The second-order valence-electron chi connectivity index (χ2n) is 4.76. The van der Waals surface area contributed by atoms with Crippen molar-refractivity contribution in [2.75, 3.05) is 11.1 Å². The highest BCUT2D eigenvalue weighted by molar-refractivity contribution is 5.94. The van der Waals surface area contributed by atoms with Crippen LogP contribution in [0.4, 0.5) is 11.5 Å². The fourth-order valence-electron chi connectivity index (χ4n) is 1.81. The van der Waals surface area contributed by atoms with Crippen LogP contribution in [0.25, 0.3) is 0 Å². The molecule has 5 heteroatoms. The summed E-state index contributed by atoms with van der Waals surface area (Å²) in [6.45, 7) is 6.41. The lowest BCUT2D eigenvalue weighted by molar-refractivity contribution is 0.0698. The van der Waals surface area contributed by atoms with E-state index in [-0.39, 0.29) is 17.3 Å². The molecule has 0 saturated carbocycles. The number of hydrogen-bond acceptors (Lipinski definition) is 4. The molecule has 0 aliphatic carbocycles. The summed E-state index contributed by atoms with van der Waals surface area (Å²) in [5.74, 6) is 0.144. The van der Waals surface area contributed by atoms with Crippen LogP contribution < -0.4 is 11.1 Å². The number of carboxylic acid groups (broad SMARTS) is 1. The highest BCUT2D eigenvalue weighted by Crippen LogP contribution is 2.17. The van der Waals surface area contributed by atoms with Crippen LogP contribution in [0.1, 0.15) is 44.0 Å². The van der Waals surface area contributed by atoms with Crippen LogP contribution in [0, 0.1) is 5.92 Å². The number of hydrogen-bond donors (Lipinski definition) is 3. The number of nitrogens with two attached hydrogens (primary N) is 1. The molecule has 0 saturated heterocycles. The number of nitrogens with zero attached hydrogens (tertiary/aromatic N) is 1. The minimum absolute atomic E-state index is 0.0863. The number of anilines is 2. The maximum Gasteiger partial charge on any atom is 0.337 e. The fourth-order valence-corrected chi connectivity index (χ4v) is 1.81. The van der Waals surface area contributed by atoms with E-state index < -0.39 is 5.97 Å². The predicted molar refractivity (Wildman–Crippen MR) is 72.8 cm³/mol. The number of aromatic carboxylic acids is 1. The maximum absolute atomic E-state index is 10.9. The molecule has 2 unspecified atom stereocenters. The molecule has 0 fully saturated rings. The first kappa shape index (κ1) is 14.3. The monoisotopic (exact) mass is 251 g/mol. The number of rotatable bonds is 6. The quantitative estimate of drug-likeness (QED) is 0.723. The molecule has 0 radical (unpaired) electrons. The van der Waals surface area contributed by atoms with Crippen molar-refractivity contribution in [3.05, 3.63) is 17.8 Å². The van der Waals surface area contributed by atoms with Crippen LogP contribution in [0.2, 0.25) is 0 Å². The molecule has 1 aromatic rings. The molecule has 4 N–H and O–H groups in total. The van der Waals surface area contributed by atoms with Crippen LogP contribution in [-0.4, -0.2) is 22.1 Å². The number of nitrogens with one attached hydrogen (secondary N) is 1. The van der Waals surface area contributed by atoms with Gasteiger partial charge in [0.15, 0.2) is 0 Å². The van der Waals surface area contributed by atoms with Crippen LogP contribution in [0.3, 0.4) is 0 Å². The Balaban J connectivity index is 2.73.